The van der Waals surface area contributed by atoms with Crippen LogP contribution in [0.4, 0.5) is 4.39 Å². The predicted molar refractivity (Wildman–Crippen MR) is 74.5 cm³/mol. The lowest BCUT2D eigenvalue weighted by Gasteiger charge is -2.25. The number of nitrogens with zero attached hydrogens (tertiary/aromatic N) is 4. The maximum Gasteiger partial charge on any atom is 0.176 e. The van der Waals surface area contributed by atoms with Crippen LogP contribution in [-0.4, -0.2) is 15.6 Å². The van der Waals surface area contributed by atoms with Crippen molar-refractivity contribution in [3.05, 3.63) is 53.4 Å². The zero-order chi connectivity index (χ0) is 15.4. The number of aromatic nitrogens is 2. The number of hydrogen-bond donors (Lipinski definition) is 1. The van der Waals surface area contributed by atoms with E-state index in [2.05, 4.69) is 4.98 Å². The number of imidazole rings is 1. The molecule has 2 unspecified atom stereocenters. The van der Waals surface area contributed by atoms with Gasteiger partial charge in [-0.25, -0.2) is 9.37 Å². The standard InChI is InChI=1S/C15H14FN5/c1-2-12(19)15(10-3-5-11(16)6-4-10)21-9-20-13(7-17)14(21)8-18/h3-6,9,12,15H,2,19H2,1H3. The molecule has 0 radical (unpaired) electrons. The molecule has 2 rings (SSSR count). The molecule has 1 aromatic heterocycles. The highest BCUT2D eigenvalue weighted by Gasteiger charge is 2.24. The van der Waals surface area contributed by atoms with E-state index in [0.29, 0.717) is 6.42 Å². The Balaban J connectivity index is 2.57. The van der Waals surface area contributed by atoms with Gasteiger partial charge in [0.05, 0.1) is 12.4 Å². The summed E-state index contributed by atoms with van der Waals surface area (Å²) in [5.74, 6) is -0.341. The van der Waals surface area contributed by atoms with Crippen LogP contribution in [0.25, 0.3) is 0 Å². The molecule has 0 spiro atoms. The fourth-order valence-corrected chi connectivity index (χ4v) is 2.26. The molecule has 1 heterocycles. The Morgan fingerprint density at radius 3 is 2.48 bits per heavy atom. The molecule has 0 fully saturated rings. The second kappa shape index (κ2) is 6.17. The number of rotatable bonds is 4. The molecular weight excluding hydrogens is 269 g/mol. The van der Waals surface area contributed by atoms with Gasteiger partial charge in [-0.15, -0.1) is 0 Å². The Labute approximate surface area is 122 Å². The van der Waals surface area contributed by atoms with Crippen molar-refractivity contribution < 1.29 is 4.39 Å². The molecule has 21 heavy (non-hydrogen) atoms. The number of nitrogens with two attached hydrogens (primary N) is 1. The fraction of sp³-hybridized carbons (Fsp3) is 0.267. The van der Waals surface area contributed by atoms with Crippen molar-refractivity contribution in [3.8, 4) is 12.1 Å². The molecule has 6 heteroatoms. The summed E-state index contributed by atoms with van der Waals surface area (Å²) in [6.45, 7) is 1.93. The molecule has 1 aromatic carbocycles. The zero-order valence-corrected chi connectivity index (χ0v) is 11.5. The summed E-state index contributed by atoms with van der Waals surface area (Å²) in [6, 6.07) is 9.15. The lowest BCUT2D eigenvalue weighted by atomic mass is 9.97. The molecule has 2 atom stereocenters. The molecule has 0 aliphatic carbocycles. The monoisotopic (exact) mass is 283 g/mol. The third kappa shape index (κ3) is 2.76. The lowest BCUT2D eigenvalue weighted by molar-refractivity contribution is 0.455. The van der Waals surface area contributed by atoms with Gasteiger partial charge in [-0.1, -0.05) is 19.1 Å². The number of nitriles is 2. The molecule has 5 nitrogen and oxygen atoms in total. The van der Waals surface area contributed by atoms with E-state index in [1.54, 1.807) is 16.7 Å². The minimum atomic E-state index is -0.375. The van der Waals surface area contributed by atoms with Gasteiger partial charge in [0.1, 0.15) is 18.0 Å². The van der Waals surface area contributed by atoms with Gasteiger partial charge in [0.25, 0.3) is 0 Å². The second-order valence-electron chi connectivity index (χ2n) is 4.64. The third-order valence-corrected chi connectivity index (χ3v) is 3.39. The first-order chi connectivity index (χ1) is 10.1. The van der Waals surface area contributed by atoms with Crippen molar-refractivity contribution in [1.82, 2.24) is 9.55 Å². The maximum atomic E-state index is 13.1. The van der Waals surface area contributed by atoms with E-state index in [-0.39, 0.29) is 29.3 Å². The van der Waals surface area contributed by atoms with Crippen LogP contribution in [0.1, 0.15) is 36.3 Å². The molecule has 0 saturated carbocycles. The van der Waals surface area contributed by atoms with Crippen LogP contribution >= 0.6 is 0 Å². The van der Waals surface area contributed by atoms with E-state index < -0.39 is 0 Å². The van der Waals surface area contributed by atoms with Crippen LogP contribution in [0.15, 0.2) is 30.6 Å². The van der Waals surface area contributed by atoms with Crippen molar-refractivity contribution in [2.45, 2.75) is 25.4 Å². The molecule has 0 aliphatic rings. The Bertz CT molecular complexity index is 705. The molecule has 2 N–H and O–H groups in total. The Morgan fingerprint density at radius 1 is 1.29 bits per heavy atom. The Hall–Kier alpha value is -2.70. The number of hydrogen-bond acceptors (Lipinski definition) is 4. The summed E-state index contributed by atoms with van der Waals surface area (Å²) in [7, 11) is 0. The quantitative estimate of drug-likeness (QED) is 0.930. The molecule has 106 valence electrons. The normalized spacial score (nSPS) is 13.2. The summed E-state index contributed by atoms with van der Waals surface area (Å²) in [6.07, 6.45) is 2.09. The van der Waals surface area contributed by atoms with Gasteiger partial charge in [0.15, 0.2) is 11.4 Å². The predicted octanol–water partition coefficient (Wildman–Crippen LogP) is 2.09. The first kappa shape index (κ1) is 14.7. The topological polar surface area (TPSA) is 91.4 Å². The van der Waals surface area contributed by atoms with Crippen molar-refractivity contribution in [2.24, 2.45) is 5.73 Å². The van der Waals surface area contributed by atoms with E-state index >= 15 is 0 Å². The average Bonchev–Trinajstić information content (AvgIpc) is 2.91. The van der Waals surface area contributed by atoms with E-state index in [9.17, 15) is 9.65 Å². The minimum absolute atomic E-state index is 0.0629. The summed E-state index contributed by atoms with van der Waals surface area (Å²) >= 11 is 0. The maximum absolute atomic E-state index is 13.1. The smallest absolute Gasteiger partial charge is 0.176 e. The first-order valence-electron chi connectivity index (χ1n) is 6.50. The summed E-state index contributed by atoms with van der Waals surface area (Å²) in [5.41, 5.74) is 7.15. The van der Waals surface area contributed by atoms with E-state index in [1.165, 1.54) is 18.5 Å². The Kier molecular flexibility index (Phi) is 4.32. The van der Waals surface area contributed by atoms with Crippen LogP contribution < -0.4 is 5.73 Å². The molecule has 0 aliphatic heterocycles. The highest BCUT2D eigenvalue weighted by atomic mass is 19.1. The zero-order valence-electron chi connectivity index (χ0n) is 11.5. The van der Waals surface area contributed by atoms with Gasteiger partial charge in [-0.2, -0.15) is 10.5 Å². The summed E-state index contributed by atoms with van der Waals surface area (Å²) < 4.78 is 14.7. The van der Waals surface area contributed by atoms with Gasteiger partial charge in [-0.3, -0.25) is 0 Å². The van der Waals surface area contributed by atoms with E-state index in [4.69, 9.17) is 11.0 Å². The molecule has 2 aromatic rings. The van der Waals surface area contributed by atoms with Gasteiger partial charge in [0.2, 0.25) is 0 Å². The molecular formula is C15H14FN5. The number of benzene rings is 1. The Morgan fingerprint density at radius 2 is 1.95 bits per heavy atom. The minimum Gasteiger partial charge on any atom is -0.326 e. The fourth-order valence-electron chi connectivity index (χ4n) is 2.26. The van der Waals surface area contributed by atoms with E-state index in [1.807, 2.05) is 19.1 Å². The van der Waals surface area contributed by atoms with Crippen molar-refractivity contribution in [3.63, 3.8) is 0 Å². The molecule has 0 bridgehead atoms. The van der Waals surface area contributed by atoms with Gasteiger partial charge in [-0.05, 0) is 24.1 Å². The largest absolute Gasteiger partial charge is 0.326 e. The second-order valence-corrected chi connectivity index (χ2v) is 4.64. The van der Waals surface area contributed by atoms with Crippen LogP contribution in [0.5, 0.6) is 0 Å². The summed E-state index contributed by atoms with van der Waals surface area (Å²) in [5, 5.41) is 18.2. The average molecular weight is 283 g/mol. The van der Waals surface area contributed by atoms with Crippen molar-refractivity contribution in [1.29, 1.82) is 10.5 Å². The molecule has 0 saturated heterocycles. The third-order valence-electron chi connectivity index (χ3n) is 3.39. The van der Waals surface area contributed by atoms with Crippen LogP contribution in [0.3, 0.4) is 0 Å². The van der Waals surface area contributed by atoms with Crippen molar-refractivity contribution >= 4 is 0 Å². The van der Waals surface area contributed by atoms with Crippen LogP contribution in [0, 0.1) is 28.5 Å². The van der Waals surface area contributed by atoms with Gasteiger partial charge < -0.3 is 10.3 Å². The van der Waals surface area contributed by atoms with Crippen molar-refractivity contribution in [2.75, 3.05) is 0 Å². The molecule has 0 amide bonds. The van der Waals surface area contributed by atoms with Gasteiger partial charge >= 0.3 is 0 Å². The van der Waals surface area contributed by atoms with Crippen LogP contribution in [-0.2, 0) is 0 Å². The van der Waals surface area contributed by atoms with E-state index in [0.717, 1.165) is 5.56 Å². The SMILES string of the molecule is CCC(N)C(c1ccc(F)cc1)n1cnc(C#N)c1C#N. The first-order valence-corrected chi connectivity index (χ1v) is 6.50. The highest BCUT2D eigenvalue weighted by molar-refractivity contribution is 5.38. The lowest BCUT2D eigenvalue weighted by Crippen LogP contribution is -2.33. The highest BCUT2D eigenvalue weighted by Crippen LogP contribution is 2.25. The summed E-state index contributed by atoms with van der Waals surface area (Å²) in [4.78, 5) is 3.94. The van der Waals surface area contributed by atoms with Crippen LogP contribution in [0.2, 0.25) is 0 Å². The number of halogens is 1. The van der Waals surface area contributed by atoms with Gasteiger partial charge in [0, 0.05) is 6.04 Å².